The number of nitrogens with zero attached hydrogens (tertiary/aromatic N) is 2. The minimum Gasteiger partial charge on any atom is -0.318 e. The van der Waals surface area contributed by atoms with Crippen LogP contribution >= 0.6 is 11.3 Å². The summed E-state index contributed by atoms with van der Waals surface area (Å²) in [5.74, 6) is -0.744. The van der Waals surface area contributed by atoms with Crippen LogP contribution in [0.2, 0.25) is 0 Å². The molecule has 0 aliphatic heterocycles. The number of aryl methyl sites for hydroxylation is 1. The van der Waals surface area contributed by atoms with Gasteiger partial charge in [0, 0.05) is 12.6 Å². The lowest BCUT2D eigenvalue weighted by Gasteiger charge is -1.99. The Kier molecular flexibility index (Phi) is 3.53. The maximum absolute atomic E-state index is 12.8. The maximum atomic E-state index is 12.8. The molecule has 0 fully saturated rings. The number of para-hydroxylation sites is 1. The van der Waals surface area contributed by atoms with E-state index in [1.54, 1.807) is 0 Å². The molecule has 0 spiro atoms. The van der Waals surface area contributed by atoms with Crippen LogP contribution in [0, 0.1) is 5.82 Å². The first-order chi connectivity index (χ1) is 10.1. The van der Waals surface area contributed by atoms with Crippen LogP contribution < -0.4 is 10.2 Å². The fourth-order valence-electron chi connectivity index (χ4n) is 1.95. The molecule has 0 unspecified atom stereocenters. The van der Waals surface area contributed by atoms with Crippen LogP contribution in [0.1, 0.15) is 10.4 Å². The van der Waals surface area contributed by atoms with Gasteiger partial charge in [0.15, 0.2) is 0 Å². The van der Waals surface area contributed by atoms with Crippen molar-refractivity contribution in [2.45, 2.75) is 0 Å². The second kappa shape index (κ2) is 5.49. The van der Waals surface area contributed by atoms with Crippen molar-refractivity contribution in [1.29, 1.82) is 0 Å². The quantitative estimate of drug-likeness (QED) is 0.727. The van der Waals surface area contributed by atoms with Crippen molar-refractivity contribution in [1.82, 2.24) is 9.99 Å². The first-order valence-electron chi connectivity index (χ1n) is 6.29. The van der Waals surface area contributed by atoms with Gasteiger partial charge in [-0.3, -0.25) is 4.79 Å². The number of carbonyl (C=O) groups excluding carboxylic acids is 1. The molecule has 0 atom stereocenters. The summed E-state index contributed by atoms with van der Waals surface area (Å²) >= 11 is 1.49. The smallest absolute Gasteiger partial charge is 0.271 e. The highest BCUT2D eigenvalue weighted by Gasteiger charge is 2.05. The average Bonchev–Trinajstić information content (AvgIpc) is 2.82. The lowest BCUT2D eigenvalue weighted by molar-refractivity contribution is 0.0953. The topological polar surface area (TPSA) is 46.4 Å². The number of rotatable bonds is 2. The van der Waals surface area contributed by atoms with E-state index in [2.05, 4.69) is 10.5 Å². The molecule has 106 valence electrons. The normalized spacial score (nSPS) is 11.8. The van der Waals surface area contributed by atoms with E-state index in [1.165, 1.54) is 35.6 Å². The number of halogens is 1. The summed E-state index contributed by atoms with van der Waals surface area (Å²) in [7, 11) is 1.89. The molecule has 0 radical (unpaired) electrons. The zero-order valence-electron chi connectivity index (χ0n) is 11.2. The van der Waals surface area contributed by atoms with E-state index >= 15 is 0 Å². The Hall–Kier alpha value is -2.47. The number of amides is 1. The molecule has 0 aliphatic rings. The summed E-state index contributed by atoms with van der Waals surface area (Å²) < 4.78 is 15.8. The van der Waals surface area contributed by atoms with Crippen LogP contribution in [0.4, 0.5) is 4.39 Å². The predicted molar refractivity (Wildman–Crippen MR) is 80.2 cm³/mol. The molecule has 4 nitrogen and oxygen atoms in total. The molecule has 0 saturated carbocycles. The van der Waals surface area contributed by atoms with Gasteiger partial charge in [-0.2, -0.15) is 0 Å². The van der Waals surface area contributed by atoms with Gasteiger partial charge < -0.3 is 4.57 Å². The van der Waals surface area contributed by atoms with Crippen LogP contribution in [-0.4, -0.2) is 10.5 Å². The van der Waals surface area contributed by atoms with E-state index < -0.39 is 0 Å². The summed E-state index contributed by atoms with van der Waals surface area (Å²) in [6.07, 6.45) is 0. The number of nitrogens with one attached hydrogen (secondary N) is 1. The molecular formula is C15H12FN3OS. The number of fused-ring (bicyclic) bond motifs is 1. The van der Waals surface area contributed by atoms with Crippen LogP contribution in [-0.2, 0) is 7.05 Å². The molecule has 21 heavy (non-hydrogen) atoms. The zero-order valence-corrected chi connectivity index (χ0v) is 12.0. The first kappa shape index (κ1) is 13.5. The lowest BCUT2D eigenvalue weighted by Crippen LogP contribution is -2.23. The van der Waals surface area contributed by atoms with Crippen LogP contribution in [0.5, 0.6) is 0 Å². The van der Waals surface area contributed by atoms with E-state index in [0.29, 0.717) is 10.4 Å². The maximum Gasteiger partial charge on any atom is 0.271 e. The molecule has 0 aliphatic carbocycles. The molecular weight excluding hydrogens is 289 g/mol. The second-order valence-corrected chi connectivity index (χ2v) is 5.48. The van der Waals surface area contributed by atoms with Crippen LogP contribution in [0.15, 0.2) is 53.6 Å². The molecule has 1 N–H and O–H groups in total. The monoisotopic (exact) mass is 301 g/mol. The van der Waals surface area contributed by atoms with Crippen molar-refractivity contribution in [2.75, 3.05) is 0 Å². The fourth-order valence-corrected chi connectivity index (χ4v) is 2.93. The SMILES string of the molecule is Cn1/c(=N/NC(=O)c2ccc(F)cc2)sc2ccccc21. The molecule has 3 rings (SSSR count). The number of hydrogen-bond acceptors (Lipinski definition) is 3. The zero-order chi connectivity index (χ0) is 14.8. The summed E-state index contributed by atoms with van der Waals surface area (Å²) in [4.78, 5) is 12.6. The summed E-state index contributed by atoms with van der Waals surface area (Å²) in [5, 5.41) is 4.13. The summed E-state index contributed by atoms with van der Waals surface area (Å²) in [5.41, 5.74) is 3.91. The molecule has 1 aromatic heterocycles. The third kappa shape index (κ3) is 2.71. The molecule has 6 heteroatoms. The van der Waals surface area contributed by atoms with Gasteiger partial charge in [-0.15, -0.1) is 5.10 Å². The Bertz CT molecular complexity index is 865. The van der Waals surface area contributed by atoms with Crippen molar-refractivity contribution >= 4 is 27.5 Å². The molecule has 3 aromatic rings. The second-order valence-electron chi connectivity index (χ2n) is 4.47. The number of hydrogen-bond donors (Lipinski definition) is 1. The summed E-state index contributed by atoms with van der Waals surface area (Å²) in [6, 6.07) is 13.2. The van der Waals surface area contributed by atoms with Crippen molar-refractivity contribution in [3.05, 3.63) is 64.7 Å². The third-order valence-corrected chi connectivity index (χ3v) is 4.19. The molecule has 2 aromatic carbocycles. The Balaban J connectivity index is 1.89. The minimum atomic E-state index is -0.376. The van der Waals surface area contributed by atoms with Crippen molar-refractivity contribution in [2.24, 2.45) is 12.1 Å². The predicted octanol–water partition coefficient (Wildman–Crippen LogP) is 2.62. The highest BCUT2D eigenvalue weighted by atomic mass is 32.1. The van der Waals surface area contributed by atoms with Gasteiger partial charge in [0.1, 0.15) is 5.82 Å². The Labute approximate surface area is 124 Å². The van der Waals surface area contributed by atoms with Gasteiger partial charge in [0.25, 0.3) is 5.91 Å². The van der Waals surface area contributed by atoms with Gasteiger partial charge in [0.2, 0.25) is 4.80 Å². The van der Waals surface area contributed by atoms with E-state index in [1.807, 2.05) is 35.9 Å². The Morgan fingerprint density at radius 1 is 1.19 bits per heavy atom. The van der Waals surface area contributed by atoms with Gasteiger partial charge in [-0.1, -0.05) is 23.5 Å². The third-order valence-electron chi connectivity index (χ3n) is 3.07. The van der Waals surface area contributed by atoms with Gasteiger partial charge in [-0.25, -0.2) is 9.82 Å². The highest BCUT2D eigenvalue weighted by Crippen LogP contribution is 2.14. The van der Waals surface area contributed by atoms with Crippen molar-refractivity contribution in [3.8, 4) is 0 Å². The summed E-state index contributed by atoms with van der Waals surface area (Å²) in [6.45, 7) is 0. The Morgan fingerprint density at radius 2 is 1.90 bits per heavy atom. The Morgan fingerprint density at radius 3 is 2.62 bits per heavy atom. The van der Waals surface area contributed by atoms with Gasteiger partial charge >= 0.3 is 0 Å². The van der Waals surface area contributed by atoms with Crippen molar-refractivity contribution < 1.29 is 9.18 Å². The highest BCUT2D eigenvalue weighted by molar-refractivity contribution is 7.16. The van der Waals surface area contributed by atoms with E-state index in [-0.39, 0.29) is 11.7 Å². The number of aromatic nitrogens is 1. The van der Waals surface area contributed by atoms with E-state index in [9.17, 15) is 9.18 Å². The first-order valence-corrected chi connectivity index (χ1v) is 7.11. The van der Waals surface area contributed by atoms with Crippen LogP contribution in [0.3, 0.4) is 0 Å². The standard InChI is InChI=1S/C15H12FN3OS/c1-19-12-4-2-3-5-13(12)21-15(19)18-17-14(20)10-6-8-11(16)9-7-10/h2-9H,1H3,(H,17,20)/b18-15-. The van der Waals surface area contributed by atoms with E-state index in [4.69, 9.17) is 0 Å². The van der Waals surface area contributed by atoms with Gasteiger partial charge in [-0.05, 0) is 36.4 Å². The van der Waals surface area contributed by atoms with E-state index in [0.717, 1.165) is 10.2 Å². The average molecular weight is 301 g/mol. The van der Waals surface area contributed by atoms with Gasteiger partial charge in [0.05, 0.1) is 10.2 Å². The lowest BCUT2D eigenvalue weighted by atomic mass is 10.2. The molecule has 0 saturated heterocycles. The minimum absolute atomic E-state index is 0.365. The van der Waals surface area contributed by atoms with Crippen molar-refractivity contribution in [3.63, 3.8) is 0 Å². The molecule has 0 bridgehead atoms. The number of benzene rings is 2. The largest absolute Gasteiger partial charge is 0.318 e. The number of thiazole rings is 1. The molecule has 1 amide bonds. The fraction of sp³-hybridized carbons (Fsp3) is 0.0667. The number of carbonyl (C=O) groups is 1. The van der Waals surface area contributed by atoms with Crippen LogP contribution in [0.25, 0.3) is 10.2 Å². The molecule has 1 heterocycles.